The van der Waals surface area contributed by atoms with Gasteiger partial charge in [0.1, 0.15) is 11.0 Å². The van der Waals surface area contributed by atoms with Crippen LogP contribution in [0.1, 0.15) is 51.9 Å². The Kier molecular flexibility index (Phi) is 4.38. The molecule has 2 atom stereocenters. The van der Waals surface area contributed by atoms with Crippen LogP contribution >= 0.6 is 0 Å². The summed E-state index contributed by atoms with van der Waals surface area (Å²) in [6, 6.07) is 32.9. The maximum atomic E-state index is 5.23. The molecule has 5 aromatic rings. The Labute approximate surface area is 228 Å². The molecule has 2 unspecified atom stereocenters. The Balaban J connectivity index is 1.38. The number of aromatic nitrogens is 1. The highest BCUT2D eigenvalue weighted by Gasteiger charge is 2.33. The van der Waals surface area contributed by atoms with Crippen LogP contribution in [0.3, 0.4) is 0 Å². The molecule has 1 N–H and O–H groups in total. The van der Waals surface area contributed by atoms with E-state index >= 15 is 0 Å². The molecular formula is C33H21N7. The van der Waals surface area contributed by atoms with Crippen LogP contribution in [0.4, 0.5) is 0 Å². The van der Waals surface area contributed by atoms with E-state index in [1.807, 2.05) is 36.4 Å². The summed E-state index contributed by atoms with van der Waals surface area (Å²) >= 11 is 0. The van der Waals surface area contributed by atoms with Gasteiger partial charge in [0.25, 0.3) is 0 Å². The number of fused-ring (bicyclic) bond motifs is 18. The minimum atomic E-state index is -0.0627. The molecule has 8 bridgehead atoms. The molecule has 1 aliphatic carbocycles. The molecule has 0 spiro atoms. The lowest BCUT2D eigenvalue weighted by atomic mass is 10.1. The van der Waals surface area contributed by atoms with E-state index in [4.69, 9.17) is 30.0 Å². The van der Waals surface area contributed by atoms with Crippen LogP contribution in [-0.4, -0.2) is 28.3 Å². The third kappa shape index (κ3) is 3.12. The molecule has 0 saturated carbocycles. The summed E-state index contributed by atoms with van der Waals surface area (Å²) < 4.78 is 0. The molecule has 4 heterocycles. The van der Waals surface area contributed by atoms with Gasteiger partial charge in [-0.15, -0.1) is 0 Å². The zero-order valence-corrected chi connectivity index (χ0v) is 21.3. The quantitative estimate of drug-likeness (QED) is 0.300. The van der Waals surface area contributed by atoms with Gasteiger partial charge < -0.3 is 4.98 Å². The number of hydrogen-bond acceptors (Lipinski definition) is 6. The number of nitrogens with one attached hydrogen (secondary N) is 1. The molecule has 4 aliphatic rings. The first kappa shape index (κ1) is 21.6. The summed E-state index contributed by atoms with van der Waals surface area (Å²) in [6.45, 7) is 0. The third-order valence-electron chi connectivity index (χ3n) is 8.07. The van der Waals surface area contributed by atoms with E-state index in [9.17, 15) is 0 Å². The summed E-state index contributed by atoms with van der Waals surface area (Å²) in [5, 5.41) is 1.95. The number of aliphatic imine (C=N–C) groups is 4. The standard InChI is InChI=1S/C33H21N7/c1-2-10-19-18(9-1)26-17-27(19)35-29-21-12-4-6-14-23(21)31(37-29)39-33-25-16-8-7-15-24(25)32(40-33)38-30-22-13-5-3-11-20(22)28(34-26)36-30/h1-16,26-27H,17H2,(H,34,35,36,37,38,39,40). The van der Waals surface area contributed by atoms with Crippen molar-refractivity contribution in [2.45, 2.75) is 18.5 Å². The van der Waals surface area contributed by atoms with Crippen molar-refractivity contribution in [1.29, 1.82) is 0 Å². The zero-order chi connectivity index (χ0) is 26.2. The van der Waals surface area contributed by atoms with Gasteiger partial charge in [-0.1, -0.05) is 97.1 Å². The van der Waals surface area contributed by atoms with Crippen molar-refractivity contribution in [1.82, 2.24) is 4.98 Å². The number of amidine groups is 4. The molecular weight excluding hydrogens is 494 g/mol. The number of H-pyrrole nitrogens is 1. The van der Waals surface area contributed by atoms with Crippen LogP contribution in [-0.2, 0) is 0 Å². The molecule has 0 fully saturated rings. The Morgan fingerprint density at radius 2 is 0.850 bits per heavy atom. The van der Waals surface area contributed by atoms with Gasteiger partial charge in [-0.3, -0.25) is 9.98 Å². The van der Waals surface area contributed by atoms with Gasteiger partial charge in [0.2, 0.25) is 0 Å². The molecule has 40 heavy (non-hydrogen) atoms. The highest BCUT2D eigenvalue weighted by atomic mass is 15.1. The highest BCUT2D eigenvalue weighted by Crippen LogP contribution is 2.44. The van der Waals surface area contributed by atoms with E-state index in [1.54, 1.807) is 0 Å². The van der Waals surface area contributed by atoms with E-state index in [2.05, 4.69) is 65.6 Å². The topological polar surface area (TPSA) is 90.0 Å². The number of benzene rings is 4. The number of rotatable bonds is 0. The minimum absolute atomic E-state index is 0.0627. The normalized spacial score (nSPS) is 19.9. The average Bonchev–Trinajstić information content (AvgIpc) is 3.73. The molecule has 0 radical (unpaired) electrons. The van der Waals surface area contributed by atoms with E-state index in [0.717, 1.165) is 39.4 Å². The van der Waals surface area contributed by atoms with Crippen LogP contribution in [0.5, 0.6) is 0 Å². The van der Waals surface area contributed by atoms with Gasteiger partial charge in [0, 0.05) is 39.4 Å². The van der Waals surface area contributed by atoms with Crippen LogP contribution in [0.25, 0.3) is 10.8 Å². The van der Waals surface area contributed by atoms with Gasteiger partial charge in [-0.05, 0) is 11.1 Å². The lowest BCUT2D eigenvalue weighted by molar-refractivity contribution is 0.625. The summed E-state index contributed by atoms with van der Waals surface area (Å²) in [4.78, 5) is 34.0. The molecule has 0 amide bonds. The van der Waals surface area contributed by atoms with Crippen LogP contribution in [0, 0.1) is 0 Å². The largest absolute Gasteiger partial charge is 0.324 e. The molecule has 188 valence electrons. The highest BCUT2D eigenvalue weighted by molar-refractivity contribution is 6.23. The van der Waals surface area contributed by atoms with E-state index in [-0.39, 0.29) is 12.1 Å². The van der Waals surface area contributed by atoms with Crippen molar-refractivity contribution in [2.75, 3.05) is 0 Å². The van der Waals surface area contributed by atoms with Gasteiger partial charge >= 0.3 is 0 Å². The Morgan fingerprint density at radius 1 is 0.450 bits per heavy atom. The molecule has 7 nitrogen and oxygen atoms in total. The Morgan fingerprint density at radius 3 is 1.32 bits per heavy atom. The van der Waals surface area contributed by atoms with Crippen molar-refractivity contribution in [3.8, 4) is 0 Å². The molecule has 9 rings (SSSR count). The predicted molar refractivity (Wildman–Crippen MR) is 156 cm³/mol. The lowest BCUT2D eigenvalue weighted by Crippen LogP contribution is -2.15. The van der Waals surface area contributed by atoms with E-state index in [1.165, 1.54) is 11.1 Å². The lowest BCUT2D eigenvalue weighted by Gasteiger charge is -2.07. The zero-order valence-electron chi connectivity index (χ0n) is 21.3. The molecule has 3 aliphatic heterocycles. The summed E-state index contributed by atoms with van der Waals surface area (Å²) in [5.74, 6) is 2.71. The fourth-order valence-electron chi connectivity index (χ4n) is 6.21. The number of nitrogens with zero attached hydrogens (tertiary/aromatic N) is 6. The van der Waals surface area contributed by atoms with Gasteiger partial charge in [0.15, 0.2) is 23.3 Å². The van der Waals surface area contributed by atoms with Gasteiger partial charge in [0.05, 0.1) is 12.1 Å². The van der Waals surface area contributed by atoms with Crippen LogP contribution < -0.4 is 11.0 Å². The summed E-state index contributed by atoms with van der Waals surface area (Å²) in [5.41, 5.74) is 7.74. The second-order valence-corrected chi connectivity index (χ2v) is 10.4. The smallest absolute Gasteiger partial charge is 0.164 e. The SMILES string of the molecule is c1ccc2c(c1)C1=NC2=NC2CC(N=C3N=C(N=c4[nH]c(c5ccccc45)=N1)c1ccccc13)c1ccccc12. The fraction of sp³-hybridized carbons (Fsp3) is 0.0909. The number of aromatic amines is 1. The maximum absolute atomic E-state index is 5.23. The molecule has 4 aromatic carbocycles. The Hall–Kier alpha value is -5.30. The van der Waals surface area contributed by atoms with E-state index in [0.29, 0.717) is 34.3 Å². The van der Waals surface area contributed by atoms with Crippen molar-refractivity contribution in [2.24, 2.45) is 30.0 Å². The first-order valence-corrected chi connectivity index (χ1v) is 13.5. The summed E-state index contributed by atoms with van der Waals surface area (Å²) in [6.07, 6.45) is 0.752. The molecule has 1 aromatic heterocycles. The monoisotopic (exact) mass is 515 g/mol. The van der Waals surface area contributed by atoms with Crippen molar-refractivity contribution < 1.29 is 0 Å². The van der Waals surface area contributed by atoms with Crippen LogP contribution in [0.15, 0.2) is 127 Å². The van der Waals surface area contributed by atoms with Crippen molar-refractivity contribution in [3.63, 3.8) is 0 Å². The van der Waals surface area contributed by atoms with Crippen molar-refractivity contribution in [3.05, 3.63) is 141 Å². The third-order valence-corrected chi connectivity index (χ3v) is 8.07. The Bertz CT molecular complexity index is 2010. The van der Waals surface area contributed by atoms with Gasteiger partial charge in [-0.2, -0.15) is 0 Å². The fourth-order valence-corrected chi connectivity index (χ4v) is 6.21. The average molecular weight is 516 g/mol. The first-order valence-electron chi connectivity index (χ1n) is 13.5. The first-order chi connectivity index (χ1) is 19.8. The van der Waals surface area contributed by atoms with E-state index < -0.39 is 0 Å². The maximum Gasteiger partial charge on any atom is 0.164 e. The van der Waals surface area contributed by atoms with Crippen molar-refractivity contribution >= 4 is 34.1 Å². The molecule has 0 saturated heterocycles. The van der Waals surface area contributed by atoms with Gasteiger partial charge in [-0.25, -0.2) is 20.0 Å². The van der Waals surface area contributed by atoms with Crippen LogP contribution in [0.2, 0.25) is 0 Å². The predicted octanol–water partition coefficient (Wildman–Crippen LogP) is 5.02. The summed E-state index contributed by atoms with van der Waals surface area (Å²) in [7, 11) is 0. The number of hydrogen-bond donors (Lipinski definition) is 1. The molecule has 7 heteroatoms. The minimum Gasteiger partial charge on any atom is -0.324 e. The second kappa shape index (κ2) is 8.10. The second-order valence-electron chi connectivity index (χ2n) is 10.4.